The molecule has 0 aliphatic rings. The summed E-state index contributed by atoms with van der Waals surface area (Å²) in [6.07, 6.45) is 0. The van der Waals surface area contributed by atoms with Crippen LogP contribution in [0.25, 0.3) is 0 Å². The topological polar surface area (TPSA) is 0 Å². The van der Waals surface area contributed by atoms with E-state index in [1.165, 1.54) is 33.4 Å². The third-order valence-electron chi connectivity index (χ3n) is 5.60. The second kappa shape index (κ2) is 7.95. The lowest BCUT2D eigenvalue weighted by Gasteiger charge is -2.36. The fourth-order valence-electron chi connectivity index (χ4n) is 4.90. The fraction of sp³-hybridized carbons (Fsp3) is 0.538. The Morgan fingerprint density at radius 2 is 0.679 bits per heavy atom. The van der Waals surface area contributed by atoms with Gasteiger partial charge in [0.05, 0.1) is 0 Å². The minimum Gasteiger partial charge on any atom is -0.0596 e. The molecule has 2 aromatic carbocycles. The Bertz CT molecular complexity index is 808. The van der Waals surface area contributed by atoms with Crippen LogP contribution in [0.5, 0.6) is 0 Å². The molecule has 2 heteroatoms. The number of aryl methyl sites for hydroxylation is 6. The molecule has 0 atom stereocenters. The van der Waals surface area contributed by atoms with E-state index < -0.39 is 15.8 Å². The van der Waals surface area contributed by atoms with Crippen LogP contribution in [-0.2, 0) is 0 Å². The van der Waals surface area contributed by atoms with Gasteiger partial charge in [-0.1, -0.05) is 76.9 Å². The molecule has 2 aromatic rings. The quantitative estimate of drug-likeness (QED) is 0.510. The predicted octanol–water partition coefficient (Wildman–Crippen LogP) is 6.32. The van der Waals surface area contributed by atoms with Gasteiger partial charge in [-0.2, -0.15) is 0 Å². The molecule has 2 rings (SSSR count). The molecule has 0 saturated heterocycles. The highest BCUT2D eigenvalue weighted by Crippen LogP contribution is 2.32. The van der Waals surface area contributed by atoms with Crippen molar-refractivity contribution in [2.75, 3.05) is 0 Å². The second-order valence-corrected chi connectivity index (χ2v) is 19.3. The van der Waals surface area contributed by atoms with Gasteiger partial charge in [0.2, 0.25) is 0 Å². The van der Waals surface area contributed by atoms with E-state index in [0.29, 0.717) is 10.1 Å². The first-order valence-corrected chi connectivity index (χ1v) is 14.6. The lowest BCUT2D eigenvalue weighted by molar-refractivity contribution is 0.739. The maximum absolute atomic E-state index is 2.50. The molecular weight excluding hydrogens is 368 g/mol. The first-order valence-electron chi connectivity index (χ1n) is 10.6. The van der Waals surface area contributed by atoms with Gasteiger partial charge in [0.1, 0.15) is 0 Å². The van der Waals surface area contributed by atoms with Gasteiger partial charge >= 0.3 is 0 Å². The highest BCUT2D eigenvalue weighted by molar-refractivity contribution is 7.11. The van der Waals surface area contributed by atoms with E-state index in [9.17, 15) is 0 Å². The summed E-state index contributed by atoms with van der Waals surface area (Å²) >= 11 is 0. The van der Waals surface area contributed by atoms with Gasteiger partial charge in [0, 0.05) is 15.8 Å². The summed E-state index contributed by atoms with van der Waals surface area (Å²) < 4.78 is 0. The van der Waals surface area contributed by atoms with E-state index in [2.05, 4.69) is 107 Å². The lowest BCUT2D eigenvalue weighted by atomic mass is 10.1. The van der Waals surface area contributed by atoms with Gasteiger partial charge in [-0.25, -0.2) is 0 Å². The molecule has 0 aliphatic carbocycles. The van der Waals surface area contributed by atoms with E-state index in [0.717, 1.165) is 0 Å². The van der Waals surface area contributed by atoms with Crippen LogP contribution in [0.15, 0.2) is 24.3 Å². The van der Waals surface area contributed by atoms with Crippen molar-refractivity contribution in [2.24, 2.45) is 0 Å². The van der Waals surface area contributed by atoms with E-state index in [1.807, 2.05) is 0 Å². The van der Waals surface area contributed by atoms with Crippen LogP contribution in [-0.4, -0.2) is 15.8 Å². The van der Waals surface area contributed by atoms with Crippen molar-refractivity contribution in [3.63, 3.8) is 0 Å². The molecule has 0 bridgehead atoms. The summed E-state index contributed by atoms with van der Waals surface area (Å²) in [7, 11) is -1.64. The normalized spacial score (nSPS) is 13.6. The number of hydrogen-bond acceptors (Lipinski definition) is 0. The fourth-order valence-corrected chi connectivity index (χ4v) is 18.6. The van der Waals surface area contributed by atoms with E-state index in [-0.39, 0.29) is 0 Å². The first kappa shape index (κ1) is 23.2. The zero-order valence-corrected chi connectivity index (χ0v) is 22.3. The van der Waals surface area contributed by atoms with Crippen LogP contribution in [0.2, 0.25) is 10.1 Å². The van der Waals surface area contributed by atoms with Crippen LogP contribution < -0.4 is 10.4 Å². The van der Waals surface area contributed by atoms with Gasteiger partial charge in [-0.3, -0.25) is 0 Å². The molecule has 0 N–H and O–H groups in total. The van der Waals surface area contributed by atoms with Crippen molar-refractivity contribution < 1.29 is 0 Å². The molecule has 0 aromatic heterocycles. The summed E-state index contributed by atoms with van der Waals surface area (Å²) in [4.78, 5) is 0. The van der Waals surface area contributed by atoms with Crippen LogP contribution in [0.4, 0.5) is 0 Å². The summed E-state index contributed by atoms with van der Waals surface area (Å²) in [5.41, 5.74) is 8.82. The molecule has 0 fully saturated rings. The largest absolute Gasteiger partial charge is 0.0596 e. The molecule has 0 aliphatic heterocycles. The molecule has 0 amide bonds. The summed E-state index contributed by atoms with van der Waals surface area (Å²) in [5.74, 6) is 0. The molecule has 0 unspecified atom stereocenters. The Kier molecular flexibility index (Phi) is 6.57. The standard InChI is InChI=1S/C26H40Si2/c1-17-13-19(3)23(20(4)14-17)27(25(7,8)9)28(26(10,11)12)24-21(5)15-18(2)16-22(24)6/h13-16H,1-12H3/b28-27-. The van der Waals surface area contributed by atoms with Crippen molar-refractivity contribution in [3.8, 4) is 0 Å². The molecular formula is C26H40Si2. The van der Waals surface area contributed by atoms with E-state index in [1.54, 1.807) is 10.4 Å². The van der Waals surface area contributed by atoms with Crippen molar-refractivity contribution in [1.82, 2.24) is 0 Å². The Balaban J connectivity index is 3.13. The average Bonchev–Trinajstić information content (AvgIpc) is 2.44. The first-order chi connectivity index (χ1) is 12.6. The number of rotatable bonds is 2. The van der Waals surface area contributed by atoms with E-state index in [4.69, 9.17) is 0 Å². The number of benzene rings is 2. The summed E-state index contributed by atoms with van der Waals surface area (Å²) in [5, 5.41) is 4.01. The molecule has 0 spiro atoms. The van der Waals surface area contributed by atoms with Gasteiger partial charge in [0.15, 0.2) is 0 Å². The third-order valence-corrected chi connectivity index (χ3v) is 19.2. The molecule has 0 nitrogen and oxygen atoms in total. The molecule has 152 valence electrons. The Hall–Kier alpha value is -1.13. The average molecular weight is 409 g/mol. The van der Waals surface area contributed by atoms with Crippen molar-refractivity contribution in [2.45, 2.75) is 93.2 Å². The Morgan fingerprint density at radius 1 is 0.464 bits per heavy atom. The maximum Gasteiger partial charge on any atom is 0.0362 e. The van der Waals surface area contributed by atoms with Gasteiger partial charge < -0.3 is 0 Å². The number of hydrogen-bond donors (Lipinski definition) is 0. The van der Waals surface area contributed by atoms with Crippen molar-refractivity contribution >= 4 is 26.2 Å². The van der Waals surface area contributed by atoms with Crippen LogP contribution in [0.3, 0.4) is 0 Å². The molecule has 0 heterocycles. The minimum atomic E-state index is -0.818. The highest BCUT2D eigenvalue weighted by atomic mass is 28.9. The maximum atomic E-state index is 2.50. The molecule has 0 saturated carbocycles. The van der Waals surface area contributed by atoms with Gasteiger partial charge in [-0.05, 0) is 84.2 Å². The summed E-state index contributed by atoms with van der Waals surface area (Å²) in [6.45, 7) is 28.8. The van der Waals surface area contributed by atoms with Crippen LogP contribution in [0.1, 0.15) is 74.9 Å². The minimum absolute atomic E-state index is 0.306. The van der Waals surface area contributed by atoms with Crippen LogP contribution in [0, 0.1) is 41.5 Å². The smallest absolute Gasteiger partial charge is 0.0362 e. The zero-order chi connectivity index (χ0) is 21.6. The third kappa shape index (κ3) is 4.71. The molecule has 28 heavy (non-hydrogen) atoms. The van der Waals surface area contributed by atoms with Gasteiger partial charge in [0.25, 0.3) is 0 Å². The van der Waals surface area contributed by atoms with Gasteiger partial charge in [-0.15, -0.1) is 0 Å². The zero-order valence-electron chi connectivity index (χ0n) is 20.3. The lowest BCUT2D eigenvalue weighted by Crippen LogP contribution is -2.50. The molecule has 0 radical (unpaired) electrons. The Labute approximate surface area is 176 Å². The van der Waals surface area contributed by atoms with Crippen LogP contribution >= 0.6 is 0 Å². The second-order valence-electron chi connectivity index (χ2n) is 10.8. The predicted molar refractivity (Wildman–Crippen MR) is 132 cm³/mol. The van der Waals surface area contributed by atoms with Crippen molar-refractivity contribution in [3.05, 3.63) is 57.6 Å². The van der Waals surface area contributed by atoms with E-state index >= 15 is 0 Å². The van der Waals surface area contributed by atoms with Crippen molar-refractivity contribution in [1.29, 1.82) is 0 Å². The Morgan fingerprint density at radius 3 is 0.857 bits per heavy atom. The SMILES string of the molecule is Cc1cc(C)c(/[Si](=[Si](\c2c(C)cc(C)cc2C)C(C)(C)C)C(C)(C)C)c(C)c1. The summed E-state index contributed by atoms with van der Waals surface area (Å²) in [6, 6.07) is 9.65. The highest BCUT2D eigenvalue weighted by Gasteiger charge is 2.34. The monoisotopic (exact) mass is 408 g/mol.